The maximum Gasteiger partial charge on any atom is 0.252 e. The van der Waals surface area contributed by atoms with Crippen LogP contribution in [0.1, 0.15) is 45.4 Å². The number of aromatic amines is 1. The number of hydrogen-bond acceptors (Lipinski definition) is 3. The molecule has 0 aromatic carbocycles. The predicted octanol–water partition coefficient (Wildman–Crippen LogP) is 2.48. The molecule has 0 unspecified atom stereocenters. The minimum atomic E-state index is -0.0644. The van der Waals surface area contributed by atoms with Crippen LogP contribution in [0.2, 0.25) is 0 Å². The van der Waals surface area contributed by atoms with Crippen LogP contribution in [0.15, 0.2) is 10.9 Å². The molecule has 0 atom stereocenters. The molecule has 0 fully saturated rings. The zero-order valence-electron chi connectivity index (χ0n) is 11.1. The van der Waals surface area contributed by atoms with Gasteiger partial charge in [0, 0.05) is 19.2 Å². The lowest BCUT2D eigenvalue weighted by atomic mass is 10.2. The Hall–Kier alpha value is -1.32. The Labute approximate surface area is 103 Å². The molecule has 1 rings (SSSR count). The number of aromatic nitrogens is 2. The smallest absolute Gasteiger partial charge is 0.252 e. The third kappa shape index (κ3) is 4.59. The van der Waals surface area contributed by atoms with E-state index >= 15 is 0 Å². The van der Waals surface area contributed by atoms with E-state index in [2.05, 4.69) is 28.7 Å². The largest absolute Gasteiger partial charge is 0.356 e. The second kappa shape index (κ2) is 7.09. The Kier molecular flexibility index (Phi) is 5.73. The van der Waals surface area contributed by atoms with Crippen LogP contribution in [0, 0.1) is 6.92 Å². The molecule has 0 aliphatic carbocycles. The van der Waals surface area contributed by atoms with Gasteiger partial charge in [-0.25, -0.2) is 4.98 Å². The molecule has 0 aliphatic rings. The summed E-state index contributed by atoms with van der Waals surface area (Å²) in [5, 5.41) is 0. The summed E-state index contributed by atoms with van der Waals surface area (Å²) in [5.74, 6) is 1.50. The fourth-order valence-electron chi connectivity index (χ4n) is 1.76. The SMILES string of the molecule is CCCCN(CCCC)c1cc(=O)[nH]c(C)n1. The molecule has 1 heterocycles. The number of nitrogens with one attached hydrogen (secondary N) is 1. The highest BCUT2D eigenvalue weighted by molar-refractivity contribution is 5.37. The van der Waals surface area contributed by atoms with E-state index in [1.165, 1.54) is 0 Å². The van der Waals surface area contributed by atoms with E-state index in [-0.39, 0.29) is 5.56 Å². The van der Waals surface area contributed by atoms with E-state index in [4.69, 9.17) is 0 Å². The molecule has 1 aromatic heterocycles. The first-order chi connectivity index (χ1) is 8.17. The van der Waals surface area contributed by atoms with E-state index in [0.717, 1.165) is 44.6 Å². The van der Waals surface area contributed by atoms with Crippen LogP contribution in [0.25, 0.3) is 0 Å². The molecule has 0 amide bonds. The summed E-state index contributed by atoms with van der Waals surface area (Å²) in [7, 11) is 0. The number of nitrogens with zero attached hydrogens (tertiary/aromatic N) is 2. The van der Waals surface area contributed by atoms with Gasteiger partial charge in [0.2, 0.25) is 0 Å². The van der Waals surface area contributed by atoms with Crippen LogP contribution < -0.4 is 10.5 Å². The van der Waals surface area contributed by atoms with Gasteiger partial charge in [0.15, 0.2) is 0 Å². The van der Waals surface area contributed by atoms with Gasteiger partial charge in [0.1, 0.15) is 11.6 Å². The van der Waals surface area contributed by atoms with Gasteiger partial charge >= 0.3 is 0 Å². The molecular weight excluding hydrogens is 214 g/mol. The molecule has 17 heavy (non-hydrogen) atoms. The molecule has 0 spiro atoms. The van der Waals surface area contributed by atoms with Crippen molar-refractivity contribution in [3.63, 3.8) is 0 Å². The highest BCUT2D eigenvalue weighted by Gasteiger charge is 2.08. The van der Waals surface area contributed by atoms with Crippen LogP contribution in [0.5, 0.6) is 0 Å². The second-order valence-electron chi connectivity index (χ2n) is 4.38. The van der Waals surface area contributed by atoms with Gasteiger partial charge in [-0.2, -0.15) is 0 Å². The third-order valence-corrected chi connectivity index (χ3v) is 2.73. The Morgan fingerprint density at radius 2 is 1.82 bits per heavy atom. The van der Waals surface area contributed by atoms with Crippen molar-refractivity contribution in [2.75, 3.05) is 18.0 Å². The number of anilines is 1. The predicted molar refractivity (Wildman–Crippen MR) is 71.6 cm³/mol. The molecule has 1 aromatic rings. The number of aryl methyl sites for hydroxylation is 1. The van der Waals surface area contributed by atoms with Gasteiger partial charge in [-0.15, -0.1) is 0 Å². The molecule has 0 aliphatic heterocycles. The van der Waals surface area contributed by atoms with Crippen LogP contribution in [-0.2, 0) is 0 Å². The van der Waals surface area contributed by atoms with Gasteiger partial charge in [0.25, 0.3) is 5.56 Å². The van der Waals surface area contributed by atoms with Crippen molar-refractivity contribution < 1.29 is 0 Å². The van der Waals surface area contributed by atoms with E-state index in [9.17, 15) is 4.79 Å². The van der Waals surface area contributed by atoms with Crippen molar-refractivity contribution in [3.8, 4) is 0 Å². The summed E-state index contributed by atoms with van der Waals surface area (Å²) in [4.78, 5) is 20.8. The quantitative estimate of drug-likeness (QED) is 0.792. The molecule has 0 radical (unpaired) electrons. The lowest BCUT2D eigenvalue weighted by Crippen LogP contribution is -2.28. The average Bonchev–Trinajstić information content (AvgIpc) is 2.28. The molecule has 96 valence electrons. The van der Waals surface area contributed by atoms with Gasteiger partial charge in [-0.05, 0) is 19.8 Å². The van der Waals surface area contributed by atoms with E-state index < -0.39 is 0 Å². The summed E-state index contributed by atoms with van der Waals surface area (Å²) in [6.07, 6.45) is 4.59. The second-order valence-corrected chi connectivity index (χ2v) is 4.38. The highest BCUT2D eigenvalue weighted by atomic mass is 16.1. The van der Waals surface area contributed by atoms with E-state index in [1.54, 1.807) is 6.07 Å². The minimum Gasteiger partial charge on any atom is -0.356 e. The van der Waals surface area contributed by atoms with Crippen molar-refractivity contribution in [1.82, 2.24) is 9.97 Å². The molecule has 4 heteroatoms. The first-order valence-electron chi connectivity index (χ1n) is 6.50. The van der Waals surface area contributed by atoms with Crippen molar-refractivity contribution in [2.24, 2.45) is 0 Å². The number of hydrogen-bond donors (Lipinski definition) is 1. The topological polar surface area (TPSA) is 49.0 Å². The minimum absolute atomic E-state index is 0.0644. The van der Waals surface area contributed by atoms with Crippen molar-refractivity contribution in [1.29, 1.82) is 0 Å². The van der Waals surface area contributed by atoms with Crippen molar-refractivity contribution in [2.45, 2.75) is 46.5 Å². The number of unbranched alkanes of at least 4 members (excludes halogenated alkanes) is 2. The number of H-pyrrole nitrogens is 1. The monoisotopic (exact) mass is 237 g/mol. The summed E-state index contributed by atoms with van der Waals surface area (Å²) in [6, 6.07) is 1.60. The van der Waals surface area contributed by atoms with E-state index in [0.29, 0.717) is 5.82 Å². The Morgan fingerprint density at radius 3 is 2.29 bits per heavy atom. The molecular formula is C13H23N3O. The Morgan fingerprint density at radius 1 is 1.24 bits per heavy atom. The number of rotatable bonds is 7. The normalized spacial score (nSPS) is 10.5. The molecule has 0 bridgehead atoms. The van der Waals surface area contributed by atoms with Gasteiger partial charge in [0.05, 0.1) is 0 Å². The summed E-state index contributed by atoms with van der Waals surface area (Å²) in [5.41, 5.74) is -0.0644. The molecule has 0 saturated heterocycles. The molecule has 1 N–H and O–H groups in total. The van der Waals surface area contributed by atoms with Gasteiger partial charge < -0.3 is 9.88 Å². The summed E-state index contributed by atoms with van der Waals surface area (Å²) < 4.78 is 0. The first kappa shape index (κ1) is 13.7. The van der Waals surface area contributed by atoms with Crippen LogP contribution >= 0.6 is 0 Å². The van der Waals surface area contributed by atoms with Crippen molar-refractivity contribution in [3.05, 3.63) is 22.2 Å². The average molecular weight is 237 g/mol. The van der Waals surface area contributed by atoms with Crippen molar-refractivity contribution >= 4 is 5.82 Å². The highest BCUT2D eigenvalue weighted by Crippen LogP contribution is 2.10. The summed E-state index contributed by atoms with van der Waals surface area (Å²) >= 11 is 0. The zero-order chi connectivity index (χ0) is 12.7. The standard InChI is InChI=1S/C13H23N3O/c1-4-6-8-16(9-7-5-2)12-10-13(17)15-11(3)14-12/h10H,4-9H2,1-3H3,(H,14,15,17). The first-order valence-corrected chi connectivity index (χ1v) is 6.50. The lowest BCUT2D eigenvalue weighted by molar-refractivity contribution is 0.668. The Balaban J connectivity index is 2.82. The maximum absolute atomic E-state index is 11.4. The fraction of sp³-hybridized carbons (Fsp3) is 0.692. The van der Waals surface area contributed by atoms with Crippen LogP contribution in [0.4, 0.5) is 5.82 Å². The van der Waals surface area contributed by atoms with Gasteiger partial charge in [-0.1, -0.05) is 26.7 Å². The molecule has 0 saturated carbocycles. The molecule has 4 nitrogen and oxygen atoms in total. The third-order valence-electron chi connectivity index (χ3n) is 2.73. The van der Waals surface area contributed by atoms with E-state index in [1.807, 2.05) is 6.92 Å². The van der Waals surface area contributed by atoms with Gasteiger partial charge in [-0.3, -0.25) is 4.79 Å². The summed E-state index contributed by atoms with van der Waals surface area (Å²) in [6.45, 7) is 8.13. The zero-order valence-corrected chi connectivity index (χ0v) is 11.1. The van der Waals surface area contributed by atoms with Crippen LogP contribution in [-0.4, -0.2) is 23.1 Å². The Bertz CT molecular complexity index is 378. The fourth-order valence-corrected chi connectivity index (χ4v) is 1.76. The van der Waals surface area contributed by atoms with Crippen LogP contribution in [0.3, 0.4) is 0 Å². The maximum atomic E-state index is 11.4. The lowest BCUT2D eigenvalue weighted by Gasteiger charge is -2.23.